The van der Waals surface area contributed by atoms with Gasteiger partial charge in [0, 0.05) is 19.1 Å². The Balaban J connectivity index is 1.88. The van der Waals surface area contributed by atoms with Gasteiger partial charge in [-0.25, -0.2) is 4.39 Å². The van der Waals surface area contributed by atoms with Crippen LogP contribution in [0.15, 0.2) is 24.3 Å². The average Bonchev–Trinajstić information content (AvgIpc) is 2.95. The van der Waals surface area contributed by atoms with Gasteiger partial charge in [-0.05, 0) is 37.0 Å². The van der Waals surface area contributed by atoms with E-state index in [1.807, 2.05) is 4.90 Å². The zero-order chi connectivity index (χ0) is 13.7. The number of nitrogens with zero attached hydrogens (tertiary/aromatic N) is 1. The number of carbonyl (C=O) groups is 1. The molecule has 0 aromatic heterocycles. The quantitative estimate of drug-likeness (QED) is 0.886. The van der Waals surface area contributed by atoms with Crippen molar-refractivity contribution in [3.8, 4) is 0 Å². The highest BCUT2D eigenvalue weighted by Crippen LogP contribution is 2.17. The van der Waals surface area contributed by atoms with Crippen molar-refractivity contribution < 1.29 is 9.18 Å². The predicted molar refractivity (Wildman–Crippen MR) is 73.2 cm³/mol. The summed E-state index contributed by atoms with van der Waals surface area (Å²) >= 11 is 0. The number of likely N-dealkylation sites (tertiary alicyclic amines) is 1. The van der Waals surface area contributed by atoms with Crippen molar-refractivity contribution in [3.05, 3.63) is 35.6 Å². The van der Waals surface area contributed by atoms with Crippen LogP contribution in [0.4, 0.5) is 4.39 Å². The summed E-state index contributed by atoms with van der Waals surface area (Å²) in [4.78, 5) is 13.9. The Labute approximate surface area is 113 Å². The van der Waals surface area contributed by atoms with Gasteiger partial charge in [0.15, 0.2) is 0 Å². The number of rotatable bonds is 5. The highest BCUT2D eigenvalue weighted by Gasteiger charge is 2.18. The van der Waals surface area contributed by atoms with Crippen LogP contribution >= 0.6 is 0 Å². The molecule has 1 N–H and O–H groups in total. The second-order valence-electron chi connectivity index (χ2n) is 4.98. The van der Waals surface area contributed by atoms with Crippen LogP contribution in [0.1, 0.15) is 37.8 Å². The number of hydrogen-bond donors (Lipinski definition) is 1. The first-order valence-electron chi connectivity index (χ1n) is 6.97. The molecule has 1 aliphatic rings. The fraction of sp³-hybridized carbons (Fsp3) is 0.533. The minimum atomic E-state index is -0.230. The van der Waals surface area contributed by atoms with Gasteiger partial charge in [0.05, 0.1) is 6.54 Å². The number of nitrogens with one attached hydrogen (secondary N) is 1. The molecular formula is C15H21FN2O. The number of hydrogen-bond acceptors (Lipinski definition) is 2. The minimum Gasteiger partial charge on any atom is -0.342 e. The van der Waals surface area contributed by atoms with Crippen molar-refractivity contribution >= 4 is 5.91 Å². The summed E-state index contributed by atoms with van der Waals surface area (Å²) in [6, 6.07) is 6.57. The minimum absolute atomic E-state index is 0.104. The van der Waals surface area contributed by atoms with E-state index in [1.54, 1.807) is 12.1 Å². The van der Waals surface area contributed by atoms with E-state index in [2.05, 4.69) is 12.2 Å². The summed E-state index contributed by atoms with van der Waals surface area (Å²) in [6.45, 7) is 4.18. The van der Waals surface area contributed by atoms with Crippen LogP contribution in [-0.4, -0.2) is 30.4 Å². The molecule has 2 rings (SSSR count). The molecule has 3 nitrogen and oxygen atoms in total. The van der Waals surface area contributed by atoms with E-state index in [4.69, 9.17) is 0 Å². The van der Waals surface area contributed by atoms with Crippen molar-refractivity contribution in [1.29, 1.82) is 0 Å². The third-order valence-corrected chi connectivity index (χ3v) is 3.64. The molecule has 0 aliphatic carbocycles. The normalized spacial score (nSPS) is 16.6. The van der Waals surface area contributed by atoms with E-state index < -0.39 is 0 Å². The van der Waals surface area contributed by atoms with Gasteiger partial charge in [0.2, 0.25) is 5.91 Å². The molecule has 104 valence electrons. The average molecular weight is 264 g/mol. The monoisotopic (exact) mass is 264 g/mol. The molecule has 1 saturated heterocycles. The Morgan fingerprint density at radius 1 is 1.32 bits per heavy atom. The molecule has 0 spiro atoms. The molecule has 1 aliphatic heterocycles. The number of halogens is 1. The second-order valence-corrected chi connectivity index (χ2v) is 4.98. The van der Waals surface area contributed by atoms with E-state index in [0.29, 0.717) is 6.54 Å². The maximum absolute atomic E-state index is 12.9. The van der Waals surface area contributed by atoms with E-state index >= 15 is 0 Å². The number of amides is 1. The Bertz CT molecular complexity index is 413. The van der Waals surface area contributed by atoms with Gasteiger partial charge in [0.25, 0.3) is 0 Å². The van der Waals surface area contributed by atoms with Crippen LogP contribution in [0.3, 0.4) is 0 Å². The van der Waals surface area contributed by atoms with Crippen LogP contribution in [-0.2, 0) is 4.79 Å². The molecular weight excluding hydrogens is 243 g/mol. The van der Waals surface area contributed by atoms with Crippen molar-refractivity contribution in [1.82, 2.24) is 10.2 Å². The van der Waals surface area contributed by atoms with Gasteiger partial charge in [-0.1, -0.05) is 19.1 Å². The van der Waals surface area contributed by atoms with E-state index in [9.17, 15) is 9.18 Å². The standard InChI is InChI=1S/C15H21FN2O/c1-2-14(12-5-7-13(16)8-6-12)17-11-15(19)18-9-3-4-10-18/h5-8,14,17H,2-4,9-11H2,1H3. The summed E-state index contributed by atoms with van der Waals surface area (Å²) in [5.74, 6) is -0.0650. The van der Waals surface area contributed by atoms with Crippen molar-refractivity contribution in [2.24, 2.45) is 0 Å². The first-order chi connectivity index (χ1) is 9.20. The summed E-state index contributed by atoms with van der Waals surface area (Å²) in [5, 5.41) is 3.27. The zero-order valence-electron chi connectivity index (χ0n) is 11.4. The van der Waals surface area contributed by atoms with Crippen LogP contribution in [0.25, 0.3) is 0 Å². The number of benzene rings is 1. The topological polar surface area (TPSA) is 32.3 Å². The first kappa shape index (κ1) is 14.0. The van der Waals surface area contributed by atoms with Gasteiger partial charge in [-0.3, -0.25) is 4.79 Å². The lowest BCUT2D eigenvalue weighted by Gasteiger charge is -2.20. The molecule has 0 radical (unpaired) electrons. The first-order valence-corrected chi connectivity index (χ1v) is 6.97. The van der Waals surface area contributed by atoms with Crippen LogP contribution in [0.5, 0.6) is 0 Å². The lowest BCUT2D eigenvalue weighted by atomic mass is 10.0. The maximum Gasteiger partial charge on any atom is 0.236 e. The molecule has 0 saturated carbocycles. The molecule has 1 aromatic carbocycles. The van der Waals surface area contributed by atoms with Gasteiger partial charge in [0.1, 0.15) is 5.82 Å². The van der Waals surface area contributed by atoms with Gasteiger partial charge in [-0.15, -0.1) is 0 Å². The van der Waals surface area contributed by atoms with Gasteiger partial charge < -0.3 is 10.2 Å². The molecule has 4 heteroatoms. The Hall–Kier alpha value is -1.42. The molecule has 19 heavy (non-hydrogen) atoms. The van der Waals surface area contributed by atoms with Crippen LogP contribution < -0.4 is 5.32 Å². The lowest BCUT2D eigenvalue weighted by Crippen LogP contribution is -2.37. The molecule has 1 unspecified atom stereocenters. The van der Waals surface area contributed by atoms with Crippen molar-refractivity contribution in [2.45, 2.75) is 32.2 Å². The number of carbonyl (C=O) groups excluding carboxylic acids is 1. The third kappa shape index (κ3) is 3.77. The van der Waals surface area contributed by atoms with E-state index in [-0.39, 0.29) is 17.8 Å². The lowest BCUT2D eigenvalue weighted by molar-refractivity contribution is -0.129. The molecule has 0 bridgehead atoms. The van der Waals surface area contributed by atoms with E-state index in [0.717, 1.165) is 37.9 Å². The third-order valence-electron chi connectivity index (χ3n) is 3.64. The van der Waals surface area contributed by atoms with Crippen LogP contribution in [0.2, 0.25) is 0 Å². The SMILES string of the molecule is CCC(NCC(=O)N1CCCC1)c1ccc(F)cc1. The second kappa shape index (κ2) is 6.66. The van der Waals surface area contributed by atoms with Gasteiger partial charge >= 0.3 is 0 Å². The summed E-state index contributed by atoms with van der Waals surface area (Å²) in [5.41, 5.74) is 1.03. The zero-order valence-corrected chi connectivity index (χ0v) is 11.4. The predicted octanol–water partition coefficient (Wildman–Crippen LogP) is 2.49. The highest BCUT2D eigenvalue weighted by molar-refractivity contribution is 5.78. The fourth-order valence-electron chi connectivity index (χ4n) is 2.48. The molecule has 1 amide bonds. The molecule has 1 atom stereocenters. The smallest absolute Gasteiger partial charge is 0.236 e. The highest BCUT2D eigenvalue weighted by atomic mass is 19.1. The Kier molecular flexibility index (Phi) is 4.91. The molecule has 1 heterocycles. The molecule has 1 fully saturated rings. The largest absolute Gasteiger partial charge is 0.342 e. The Morgan fingerprint density at radius 3 is 2.53 bits per heavy atom. The summed E-state index contributed by atoms with van der Waals surface area (Å²) in [6.07, 6.45) is 3.10. The van der Waals surface area contributed by atoms with Crippen LogP contribution in [0, 0.1) is 5.82 Å². The van der Waals surface area contributed by atoms with E-state index in [1.165, 1.54) is 12.1 Å². The van der Waals surface area contributed by atoms with Crippen molar-refractivity contribution in [2.75, 3.05) is 19.6 Å². The summed E-state index contributed by atoms with van der Waals surface area (Å²) in [7, 11) is 0. The maximum atomic E-state index is 12.9. The van der Waals surface area contributed by atoms with Gasteiger partial charge in [-0.2, -0.15) is 0 Å². The summed E-state index contributed by atoms with van der Waals surface area (Å²) < 4.78 is 12.9. The fourth-order valence-corrected chi connectivity index (χ4v) is 2.48. The van der Waals surface area contributed by atoms with Crippen molar-refractivity contribution in [3.63, 3.8) is 0 Å². The molecule has 1 aromatic rings. The Morgan fingerprint density at radius 2 is 1.95 bits per heavy atom.